The van der Waals surface area contributed by atoms with Crippen LogP contribution in [0.5, 0.6) is 0 Å². The molecule has 1 unspecified atom stereocenters. The molecule has 0 bridgehead atoms. The van der Waals surface area contributed by atoms with Crippen molar-refractivity contribution in [2.75, 3.05) is 26.7 Å². The van der Waals surface area contributed by atoms with Crippen molar-refractivity contribution in [3.8, 4) is 0 Å². The number of aryl methyl sites for hydroxylation is 1. The Morgan fingerprint density at radius 2 is 2.44 bits per heavy atom. The molecule has 0 spiro atoms. The molecule has 0 radical (unpaired) electrons. The van der Waals surface area contributed by atoms with Crippen molar-refractivity contribution >= 4 is 29.7 Å². The fraction of sp³-hybridized carbons (Fsp3) is 0.583. The first-order chi connectivity index (χ1) is 8.18. The minimum Gasteiger partial charge on any atom is -0.366 e. The van der Waals surface area contributed by atoms with Crippen molar-refractivity contribution in [1.82, 2.24) is 10.2 Å². The summed E-state index contributed by atoms with van der Waals surface area (Å²) in [6, 6.07) is 2.08. The van der Waals surface area contributed by atoms with E-state index in [9.17, 15) is 4.79 Å². The SMILES string of the molecule is Cc1ccsc1CN(C)C(=O)C1CNCCO1.Cl. The first-order valence-electron chi connectivity index (χ1n) is 5.78. The number of nitrogens with one attached hydrogen (secondary N) is 1. The number of hydrogen-bond acceptors (Lipinski definition) is 4. The average Bonchev–Trinajstić information content (AvgIpc) is 2.75. The van der Waals surface area contributed by atoms with Crippen molar-refractivity contribution in [1.29, 1.82) is 0 Å². The van der Waals surface area contributed by atoms with Gasteiger partial charge in [-0.2, -0.15) is 0 Å². The first-order valence-corrected chi connectivity index (χ1v) is 6.66. The zero-order valence-electron chi connectivity index (χ0n) is 10.6. The number of halogens is 1. The summed E-state index contributed by atoms with van der Waals surface area (Å²) in [6.07, 6.45) is -0.325. The zero-order valence-corrected chi connectivity index (χ0v) is 12.3. The number of thiophene rings is 1. The van der Waals surface area contributed by atoms with Crippen LogP contribution in [0, 0.1) is 6.92 Å². The summed E-state index contributed by atoms with van der Waals surface area (Å²) in [6.45, 7) is 4.80. The van der Waals surface area contributed by atoms with Crippen molar-refractivity contribution in [3.63, 3.8) is 0 Å². The number of morpholine rings is 1. The Hall–Kier alpha value is -0.620. The number of carbonyl (C=O) groups excluding carboxylic acids is 1. The average molecular weight is 291 g/mol. The summed E-state index contributed by atoms with van der Waals surface area (Å²) in [7, 11) is 1.83. The minimum atomic E-state index is -0.325. The Bertz CT molecular complexity index is 391. The molecule has 4 nitrogen and oxygen atoms in total. The molecule has 1 N–H and O–H groups in total. The van der Waals surface area contributed by atoms with Gasteiger partial charge in [-0.25, -0.2) is 0 Å². The van der Waals surface area contributed by atoms with Gasteiger partial charge >= 0.3 is 0 Å². The maximum absolute atomic E-state index is 12.1. The van der Waals surface area contributed by atoms with Gasteiger partial charge in [-0.1, -0.05) is 0 Å². The standard InChI is InChI=1S/C12H18N2O2S.ClH/c1-9-3-6-17-11(9)8-14(2)12(15)10-7-13-4-5-16-10;/h3,6,10,13H,4-5,7-8H2,1-2H3;1H. The van der Waals surface area contributed by atoms with Crippen LogP contribution in [0.2, 0.25) is 0 Å². The fourth-order valence-corrected chi connectivity index (χ4v) is 2.79. The number of amides is 1. The van der Waals surface area contributed by atoms with Crippen LogP contribution in [0.3, 0.4) is 0 Å². The molecule has 1 atom stereocenters. The molecule has 1 aliphatic rings. The van der Waals surface area contributed by atoms with Gasteiger partial charge in [-0.05, 0) is 23.9 Å². The highest BCUT2D eigenvalue weighted by atomic mass is 35.5. The smallest absolute Gasteiger partial charge is 0.253 e. The quantitative estimate of drug-likeness (QED) is 0.916. The third-order valence-corrected chi connectivity index (χ3v) is 3.94. The van der Waals surface area contributed by atoms with Crippen LogP contribution in [0.1, 0.15) is 10.4 Å². The number of carbonyl (C=O) groups is 1. The lowest BCUT2D eigenvalue weighted by Gasteiger charge is -2.27. The maximum atomic E-state index is 12.1. The van der Waals surface area contributed by atoms with Gasteiger partial charge in [0, 0.05) is 25.0 Å². The number of hydrogen-bond donors (Lipinski definition) is 1. The molecule has 1 amide bonds. The summed E-state index contributed by atoms with van der Waals surface area (Å²) >= 11 is 1.69. The lowest BCUT2D eigenvalue weighted by molar-refractivity contribution is -0.144. The highest BCUT2D eigenvalue weighted by Crippen LogP contribution is 2.17. The van der Waals surface area contributed by atoms with Gasteiger partial charge in [0.15, 0.2) is 0 Å². The van der Waals surface area contributed by atoms with E-state index >= 15 is 0 Å². The Balaban J connectivity index is 0.00000162. The highest BCUT2D eigenvalue weighted by molar-refractivity contribution is 7.10. The van der Waals surface area contributed by atoms with Crippen LogP contribution in [-0.4, -0.2) is 43.7 Å². The molecule has 2 heterocycles. The highest BCUT2D eigenvalue weighted by Gasteiger charge is 2.25. The summed E-state index contributed by atoms with van der Waals surface area (Å²) in [5.41, 5.74) is 1.25. The van der Waals surface area contributed by atoms with E-state index in [1.807, 2.05) is 7.05 Å². The third-order valence-electron chi connectivity index (χ3n) is 2.93. The molecule has 1 aromatic rings. The van der Waals surface area contributed by atoms with Crippen LogP contribution in [-0.2, 0) is 16.1 Å². The second kappa shape index (κ2) is 7.09. The minimum absolute atomic E-state index is 0. The van der Waals surface area contributed by atoms with E-state index in [-0.39, 0.29) is 24.4 Å². The van der Waals surface area contributed by atoms with Gasteiger partial charge in [-0.3, -0.25) is 4.79 Å². The Morgan fingerprint density at radius 3 is 3.00 bits per heavy atom. The van der Waals surface area contributed by atoms with Gasteiger partial charge in [0.05, 0.1) is 13.2 Å². The van der Waals surface area contributed by atoms with Crippen LogP contribution in [0.25, 0.3) is 0 Å². The second-order valence-corrected chi connectivity index (χ2v) is 5.29. The maximum Gasteiger partial charge on any atom is 0.253 e. The number of nitrogens with zero attached hydrogens (tertiary/aromatic N) is 1. The van der Waals surface area contributed by atoms with Crippen molar-refractivity contribution in [2.45, 2.75) is 19.6 Å². The molecule has 102 valence electrons. The van der Waals surface area contributed by atoms with E-state index in [1.165, 1.54) is 10.4 Å². The van der Waals surface area contributed by atoms with Crippen LogP contribution in [0.4, 0.5) is 0 Å². The zero-order chi connectivity index (χ0) is 12.3. The van der Waals surface area contributed by atoms with Gasteiger partial charge in [0.2, 0.25) is 0 Å². The summed E-state index contributed by atoms with van der Waals surface area (Å²) in [5.74, 6) is 0.0602. The first kappa shape index (κ1) is 15.4. The molecule has 1 aliphatic heterocycles. The fourth-order valence-electron chi connectivity index (χ4n) is 1.83. The summed E-state index contributed by atoms with van der Waals surface area (Å²) in [4.78, 5) is 15.1. The molecule has 0 aromatic carbocycles. The van der Waals surface area contributed by atoms with Crippen molar-refractivity contribution in [2.24, 2.45) is 0 Å². The summed E-state index contributed by atoms with van der Waals surface area (Å²) < 4.78 is 5.46. The van der Waals surface area contributed by atoms with Crippen molar-refractivity contribution in [3.05, 3.63) is 21.9 Å². The number of likely N-dealkylation sites (N-methyl/N-ethyl adjacent to an activating group) is 1. The second-order valence-electron chi connectivity index (χ2n) is 4.28. The van der Waals surface area contributed by atoms with Gasteiger partial charge in [0.25, 0.3) is 5.91 Å². The van der Waals surface area contributed by atoms with E-state index in [4.69, 9.17) is 4.74 Å². The van der Waals surface area contributed by atoms with Crippen LogP contribution >= 0.6 is 23.7 Å². The van der Waals surface area contributed by atoms with E-state index < -0.39 is 0 Å². The normalized spacial score (nSPS) is 19.1. The van der Waals surface area contributed by atoms with Crippen LogP contribution in [0.15, 0.2) is 11.4 Å². The Morgan fingerprint density at radius 1 is 1.67 bits per heavy atom. The molecule has 18 heavy (non-hydrogen) atoms. The molecule has 1 aromatic heterocycles. The van der Waals surface area contributed by atoms with E-state index in [0.717, 1.165) is 6.54 Å². The number of rotatable bonds is 3. The molecular formula is C12H19ClN2O2S. The molecule has 0 aliphatic carbocycles. The molecule has 1 saturated heterocycles. The molecule has 1 fully saturated rings. The predicted octanol–water partition coefficient (Wildman–Crippen LogP) is 1.43. The van der Waals surface area contributed by atoms with E-state index in [0.29, 0.717) is 19.7 Å². The van der Waals surface area contributed by atoms with Gasteiger partial charge in [0.1, 0.15) is 6.10 Å². The van der Waals surface area contributed by atoms with Crippen LogP contribution < -0.4 is 5.32 Å². The lowest BCUT2D eigenvalue weighted by Crippen LogP contribution is -2.48. The predicted molar refractivity (Wildman–Crippen MR) is 75.4 cm³/mol. The van der Waals surface area contributed by atoms with Gasteiger partial charge in [-0.15, -0.1) is 23.7 Å². The molecular weight excluding hydrogens is 272 g/mol. The lowest BCUT2D eigenvalue weighted by atomic mass is 10.2. The summed E-state index contributed by atoms with van der Waals surface area (Å²) in [5, 5.41) is 5.23. The largest absolute Gasteiger partial charge is 0.366 e. The topological polar surface area (TPSA) is 41.6 Å². The van der Waals surface area contributed by atoms with E-state index in [2.05, 4.69) is 23.7 Å². The van der Waals surface area contributed by atoms with Gasteiger partial charge < -0.3 is 15.0 Å². The molecule has 6 heteroatoms. The Labute approximate surface area is 118 Å². The van der Waals surface area contributed by atoms with Crippen molar-refractivity contribution < 1.29 is 9.53 Å². The Kier molecular flexibility index (Phi) is 6.08. The third kappa shape index (κ3) is 3.68. The number of ether oxygens (including phenoxy) is 1. The molecule has 0 saturated carbocycles. The molecule has 2 rings (SSSR count). The monoisotopic (exact) mass is 290 g/mol. The van der Waals surface area contributed by atoms with E-state index in [1.54, 1.807) is 16.2 Å².